The second kappa shape index (κ2) is 6.27. The Labute approximate surface area is 133 Å². The zero-order chi connectivity index (χ0) is 15.5. The summed E-state index contributed by atoms with van der Waals surface area (Å²) >= 11 is 1.57. The highest BCUT2D eigenvalue weighted by Crippen LogP contribution is 2.33. The summed E-state index contributed by atoms with van der Waals surface area (Å²) in [5.41, 5.74) is 1.45. The van der Waals surface area contributed by atoms with E-state index in [1.54, 1.807) is 40.5 Å². The van der Waals surface area contributed by atoms with Gasteiger partial charge in [0.1, 0.15) is 5.01 Å². The fraction of sp³-hybridized carbons (Fsp3) is 0.312. The summed E-state index contributed by atoms with van der Waals surface area (Å²) < 4.78 is 0. The highest BCUT2D eigenvalue weighted by Gasteiger charge is 2.32. The number of imide groups is 1. The Morgan fingerprint density at radius 3 is 2.77 bits per heavy atom. The van der Waals surface area contributed by atoms with Crippen molar-refractivity contribution in [1.82, 2.24) is 15.2 Å². The first-order chi connectivity index (χ1) is 10.6. The van der Waals surface area contributed by atoms with Crippen molar-refractivity contribution >= 4 is 23.3 Å². The Morgan fingerprint density at radius 1 is 1.32 bits per heavy atom. The zero-order valence-electron chi connectivity index (χ0n) is 12.3. The summed E-state index contributed by atoms with van der Waals surface area (Å²) in [5.74, 6) is -0.369. The van der Waals surface area contributed by atoms with Crippen LogP contribution in [0.5, 0.6) is 0 Å². The molecule has 1 atom stereocenters. The topological polar surface area (TPSA) is 62.3 Å². The van der Waals surface area contributed by atoms with Crippen molar-refractivity contribution in [2.45, 2.75) is 25.8 Å². The van der Waals surface area contributed by atoms with Crippen molar-refractivity contribution < 1.29 is 9.59 Å². The SMILES string of the molecule is Cc1csc([C@H]2CCCN2C(=O)NC(=O)c2ccccc2)n1. The maximum absolute atomic E-state index is 12.4. The Kier molecular flexibility index (Phi) is 4.20. The van der Waals surface area contributed by atoms with E-state index in [9.17, 15) is 9.59 Å². The lowest BCUT2D eigenvalue weighted by Gasteiger charge is -2.23. The summed E-state index contributed by atoms with van der Waals surface area (Å²) in [6.07, 6.45) is 1.82. The van der Waals surface area contributed by atoms with Gasteiger partial charge in [0, 0.05) is 23.2 Å². The van der Waals surface area contributed by atoms with Crippen molar-refractivity contribution in [3.05, 3.63) is 52.0 Å². The molecular formula is C16H17N3O2S. The fourth-order valence-electron chi connectivity index (χ4n) is 2.62. The van der Waals surface area contributed by atoms with Crippen LogP contribution in [0.15, 0.2) is 35.7 Å². The molecule has 0 unspecified atom stereocenters. The van der Waals surface area contributed by atoms with Gasteiger partial charge in [-0.25, -0.2) is 9.78 Å². The molecule has 0 saturated carbocycles. The number of thiazole rings is 1. The molecule has 3 rings (SSSR count). The van der Waals surface area contributed by atoms with Gasteiger partial charge >= 0.3 is 6.03 Å². The van der Waals surface area contributed by atoms with Gasteiger partial charge in [0.25, 0.3) is 5.91 Å². The molecule has 0 spiro atoms. The number of aryl methyl sites for hydroxylation is 1. The van der Waals surface area contributed by atoms with Gasteiger partial charge in [0.05, 0.1) is 6.04 Å². The second-order valence-electron chi connectivity index (χ2n) is 5.30. The van der Waals surface area contributed by atoms with Crippen LogP contribution in [0.4, 0.5) is 4.79 Å². The maximum atomic E-state index is 12.4. The number of rotatable bonds is 2. The first kappa shape index (κ1) is 14.7. The molecule has 1 aliphatic heterocycles. The molecule has 1 fully saturated rings. The first-order valence-corrected chi connectivity index (χ1v) is 8.12. The number of hydrogen-bond donors (Lipinski definition) is 1. The van der Waals surface area contributed by atoms with Crippen molar-refractivity contribution in [3.8, 4) is 0 Å². The number of carbonyl (C=O) groups excluding carboxylic acids is 2. The number of carbonyl (C=O) groups is 2. The minimum Gasteiger partial charge on any atom is -0.315 e. The normalized spacial score (nSPS) is 17.5. The molecule has 5 nitrogen and oxygen atoms in total. The lowest BCUT2D eigenvalue weighted by molar-refractivity contribution is 0.0950. The molecule has 1 N–H and O–H groups in total. The number of likely N-dealkylation sites (tertiary alicyclic amines) is 1. The Balaban J connectivity index is 1.70. The Bertz CT molecular complexity index is 684. The van der Waals surface area contributed by atoms with E-state index in [2.05, 4.69) is 10.3 Å². The summed E-state index contributed by atoms with van der Waals surface area (Å²) in [5, 5.41) is 5.40. The van der Waals surface area contributed by atoms with Crippen LogP contribution in [0, 0.1) is 6.92 Å². The maximum Gasteiger partial charge on any atom is 0.324 e. The summed E-state index contributed by atoms with van der Waals surface area (Å²) in [7, 11) is 0. The van der Waals surface area contributed by atoms with Gasteiger partial charge in [-0.1, -0.05) is 18.2 Å². The van der Waals surface area contributed by atoms with Crippen LogP contribution in [0.2, 0.25) is 0 Å². The van der Waals surface area contributed by atoms with E-state index in [0.29, 0.717) is 12.1 Å². The lowest BCUT2D eigenvalue weighted by atomic mass is 10.2. The van der Waals surface area contributed by atoms with Gasteiger partial charge in [-0.2, -0.15) is 0 Å². The van der Waals surface area contributed by atoms with E-state index in [1.807, 2.05) is 18.4 Å². The molecule has 3 amide bonds. The van der Waals surface area contributed by atoms with Gasteiger partial charge < -0.3 is 4.90 Å². The van der Waals surface area contributed by atoms with Crippen molar-refractivity contribution in [3.63, 3.8) is 0 Å². The van der Waals surface area contributed by atoms with Gasteiger partial charge in [0.15, 0.2) is 0 Å². The van der Waals surface area contributed by atoms with Gasteiger partial charge in [-0.15, -0.1) is 11.3 Å². The third-order valence-electron chi connectivity index (χ3n) is 3.69. The minimum atomic E-state index is -0.369. The average Bonchev–Trinajstić information content (AvgIpc) is 3.16. The summed E-state index contributed by atoms with van der Waals surface area (Å²) in [6, 6.07) is 8.39. The van der Waals surface area contributed by atoms with E-state index in [-0.39, 0.29) is 18.0 Å². The second-order valence-corrected chi connectivity index (χ2v) is 6.19. The molecule has 22 heavy (non-hydrogen) atoms. The van der Waals surface area contributed by atoms with Crippen LogP contribution in [-0.2, 0) is 0 Å². The molecule has 2 aromatic rings. The average molecular weight is 315 g/mol. The van der Waals surface area contributed by atoms with Crippen LogP contribution in [0.25, 0.3) is 0 Å². The quantitative estimate of drug-likeness (QED) is 0.926. The molecule has 1 aliphatic rings. The molecule has 0 aliphatic carbocycles. The van der Waals surface area contributed by atoms with Crippen LogP contribution in [-0.4, -0.2) is 28.4 Å². The smallest absolute Gasteiger partial charge is 0.315 e. The number of nitrogens with zero attached hydrogens (tertiary/aromatic N) is 2. The highest BCUT2D eigenvalue weighted by atomic mass is 32.1. The first-order valence-electron chi connectivity index (χ1n) is 7.24. The standard InChI is InChI=1S/C16H17N3O2S/c1-11-10-22-15(17-11)13-8-5-9-19(13)16(21)18-14(20)12-6-3-2-4-7-12/h2-4,6-7,10,13H,5,8-9H2,1H3,(H,18,20,21)/t13-/m1/s1. The number of amides is 3. The number of urea groups is 1. The van der Waals surface area contributed by atoms with Gasteiger partial charge in [-0.3, -0.25) is 10.1 Å². The summed E-state index contributed by atoms with van der Waals surface area (Å²) in [6.45, 7) is 2.59. The van der Waals surface area contributed by atoms with Crippen molar-refractivity contribution in [1.29, 1.82) is 0 Å². The molecule has 6 heteroatoms. The molecular weight excluding hydrogens is 298 g/mol. The zero-order valence-corrected chi connectivity index (χ0v) is 13.1. The number of nitrogens with one attached hydrogen (secondary N) is 1. The Morgan fingerprint density at radius 2 is 2.09 bits per heavy atom. The van der Waals surface area contributed by atoms with E-state index in [4.69, 9.17) is 0 Å². The predicted molar refractivity (Wildman–Crippen MR) is 84.8 cm³/mol. The number of benzene rings is 1. The van der Waals surface area contributed by atoms with Crippen LogP contribution in [0.1, 0.15) is 39.9 Å². The molecule has 0 radical (unpaired) electrons. The molecule has 0 bridgehead atoms. The summed E-state index contributed by atoms with van der Waals surface area (Å²) in [4.78, 5) is 30.7. The van der Waals surface area contributed by atoms with Gasteiger partial charge in [-0.05, 0) is 31.9 Å². The van der Waals surface area contributed by atoms with Crippen LogP contribution >= 0.6 is 11.3 Å². The van der Waals surface area contributed by atoms with E-state index >= 15 is 0 Å². The predicted octanol–water partition coefficient (Wildman–Crippen LogP) is 3.14. The lowest BCUT2D eigenvalue weighted by Crippen LogP contribution is -2.42. The van der Waals surface area contributed by atoms with E-state index in [1.165, 1.54) is 0 Å². The van der Waals surface area contributed by atoms with Crippen molar-refractivity contribution in [2.24, 2.45) is 0 Å². The molecule has 1 saturated heterocycles. The Hall–Kier alpha value is -2.21. The van der Waals surface area contributed by atoms with Crippen LogP contribution < -0.4 is 5.32 Å². The molecule has 1 aromatic carbocycles. The minimum absolute atomic E-state index is 0.0257. The third-order valence-corrected chi connectivity index (χ3v) is 4.76. The van der Waals surface area contributed by atoms with Crippen LogP contribution in [0.3, 0.4) is 0 Å². The molecule has 114 valence electrons. The van der Waals surface area contributed by atoms with Crippen molar-refractivity contribution in [2.75, 3.05) is 6.54 Å². The fourth-order valence-corrected chi connectivity index (χ4v) is 3.57. The largest absolute Gasteiger partial charge is 0.324 e. The third kappa shape index (κ3) is 3.01. The molecule has 1 aromatic heterocycles. The highest BCUT2D eigenvalue weighted by molar-refractivity contribution is 7.09. The number of aromatic nitrogens is 1. The number of hydrogen-bond acceptors (Lipinski definition) is 4. The van der Waals surface area contributed by atoms with E-state index < -0.39 is 0 Å². The monoisotopic (exact) mass is 315 g/mol. The van der Waals surface area contributed by atoms with E-state index in [0.717, 1.165) is 23.5 Å². The molecule has 2 heterocycles. The van der Waals surface area contributed by atoms with Gasteiger partial charge in [0.2, 0.25) is 0 Å².